The zero-order chi connectivity index (χ0) is 39.2. The molecule has 1 unspecified atom stereocenters. The van der Waals surface area contributed by atoms with Crippen molar-refractivity contribution in [2.24, 2.45) is 17.8 Å². The molecule has 1 aromatic heterocycles. The van der Waals surface area contributed by atoms with E-state index in [-0.39, 0.29) is 31.2 Å². The van der Waals surface area contributed by atoms with Crippen LogP contribution < -0.4 is 30.1 Å². The van der Waals surface area contributed by atoms with Gasteiger partial charge < -0.3 is 30.3 Å². The van der Waals surface area contributed by atoms with Crippen molar-refractivity contribution in [3.63, 3.8) is 0 Å². The minimum absolute atomic E-state index is 0.00173. The van der Waals surface area contributed by atoms with E-state index in [1.165, 1.54) is 4.90 Å². The SMILES string of the molecule is COc1ccc2c(O[C@@H]3CC4C(=O)N[C@]5(C(=O)NS(=O)(=O)C6(C)CC6)C[C@H]5/C=C\CC[C@H](C)C[C@@H](C)[C@H](NC(=O)NC(C)(C)C)C(=O)N4C3)nccc2c1. The summed E-state index contributed by atoms with van der Waals surface area (Å²) in [4.78, 5) is 62.3. The maximum atomic E-state index is 14.8. The second-order valence-electron chi connectivity index (χ2n) is 17.0. The summed E-state index contributed by atoms with van der Waals surface area (Å²) in [6, 6.07) is 4.72. The van der Waals surface area contributed by atoms with Gasteiger partial charge in [0.2, 0.25) is 27.7 Å². The highest BCUT2D eigenvalue weighted by Crippen LogP contribution is 2.47. The van der Waals surface area contributed by atoms with E-state index >= 15 is 0 Å². The molecule has 294 valence electrons. The summed E-state index contributed by atoms with van der Waals surface area (Å²) in [5.41, 5.74) is -2.08. The van der Waals surface area contributed by atoms with Crippen LogP contribution in [0.4, 0.5) is 4.79 Å². The number of benzene rings is 1. The van der Waals surface area contributed by atoms with Crippen LogP contribution in [0.3, 0.4) is 0 Å². The van der Waals surface area contributed by atoms with Gasteiger partial charge in [-0.05, 0) is 108 Å². The van der Waals surface area contributed by atoms with Gasteiger partial charge in [0.1, 0.15) is 29.5 Å². The van der Waals surface area contributed by atoms with E-state index in [0.717, 1.165) is 11.8 Å². The summed E-state index contributed by atoms with van der Waals surface area (Å²) in [7, 11) is -2.41. The van der Waals surface area contributed by atoms with Crippen LogP contribution in [0.1, 0.15) is 86.5 Å². The smallest absolute Gasteiger partial charge is 0.315 e. The predicted molar refractivity (Wildman–Crippen MR) is 203 cm³/mol. The number of aromatic nitrogens is 1. The van der Waals surface area contributed by atoms with Crippen LogP contribution in [0.25, 0.3) is 10.8 Å². The third-order valence-corrected chi connectivity index (χ3v) is 13.4. The first-order valence-corrected chi connectivity index (χ1v) is 20.4. The molecule has 14 nitrogen and oxygen atoms in total. The van der Waals surface area contributed by atoms with Gasteiger partial charge >= 0.3 is 6.03 Å². The van der Waals surface area contributed by atoms with Crippen LogP contribution in [0.5, 0.6) is 11.6 Å². The molecule has 6 rings (SSSR count). The van der Waals surface area contributed by atoms with Crippen LogP contribution >= 0.6 is 0 Å². The van der Waals surface area contributed by atoms with Gasteiger partial charge in [-0.2, -0.15) is 0 Å². The van der Waals surface area contributed by atoms with Gasteiger partial charge in [0, 0.05) is 29.5 Å². The number of amides is 5. The Morgan fingerprint density at radius 2 is 1.83 bits per heavy atom. The number of pyridine rings is 1. The molecule has 0 spiro atoms. The number of ether oxygens (including phenoxy) is 2. The van der Waals surface area contributed by atoms with Gasteiger partial charge in [0.05, 0.1) is 18.4 Å². The van der Waals surface area contributed by atoms with E-state index < -0.39 is 73.7 Å². The average molecular weight is 767 g/mol. The van der Waals surface area contributed by atoms with Crippen molar-refractivity contribution in [3.8, 4) is 11.6 Å². The van der Waals surface area contributed by atoms with Gasteiger partial charge in [-0.15, -0.1) is 0 Å². The number of rotatable bonds is 7. The maximum absolute atomic E-state index is 14.8. The number of nitrogens with zero attached hydrogens (tertiary/aromatic N) is 2. The molecule has 15 heteroatoms. The molecule has 2 saturated carbocycles. The fourth-order valence-electron chi connectivity index (χ4n) is 7.62. The van der Waals surface area contributed by atoms with Crippen molar-refractivity contribution in [1.82, 2.24) is 30.6 Å². The van der Waals surface area contributed by atoms with Crippen molar-refractivity contribution in [2.45, 2.75) is 121 Å². The van der Waals surface area contributed by atoms with Crippen LogP contribution in [-0.2, 0) is 24.4 Å². The number of nitrogens with one attached hydrogen (secondary N) is 4. The number of methoxy groups -OCH3 is 1. The van der Waals surface area contributed by atoms with Gasteiger partial charge in [-0.3, -0.25) is 19.1 Å². The lowest BCUT2D eigenvalue weighted by molar-refractivity contribution is -0.142. The number of carbonyl (C=O) groups is 4. The Labute approximate surface area is 317 Å². The predicted octanol–water partition coefficient (Wildman–Crippen LogP) is 3.94. The summed E-state index contributed by atoms with van der Waals surface area (Å²) in [5.74, 6) is -1.43. The number of sulfonamides is 1. The van der Waals surface area contributed by atoms with E-state index in [9.17, 15) is 27.6 Å². The van der Waals surface area contributed by atoms with Gasteiger partial charge in [-0.25, -0.2) is 18.2 Å². The van der Waals surface area contributed by atoms with Crippen LogP contribution in [-0.4, -0.2) is 89.7 Å². The number of fused-ring (bicyclic) bond motifs is 3. The minimum Gasteiger partial charge on any atom is -0.497 e. The maximum Gasteiger partial charge on any atom is 0.315 e. The molecule has 1 saturated heterocycles. The Morgan fingerprint density at radius 3 is 2.52 bits per heavy atom. The molecule has 4 aliphatic rings. The van der Waals surface area contributed by atoms with Crippen LogP contribution in [0, 0.1) is 17.8 Å². The molecule has 1 aromatic carbocycles. The number of urea groups is 1. The molecule has 5 amide bonds. The van der Waals surface area contributed by atoms with E-state index in [1.54, 1.807) is 26.3 Å². The minimum atomic E-state index is -3.99. The largest absolute Gasteiger partial charge is 0.497 e. The summed E-state index contributed by atoms with van der Waals surface area (Å²) in [6.45, 7) is 11.1. The molecule has 7 atom stereocenters. The van der Waals surface area contributed by atoms with Gasteiger partial charge in [0.25, 0.3) is 5.91 Å². The number of hydrogen-bond acceptors (Lipinski definition) is 9. The highest BCUT2D eigenvalue weighted by Gasteiger charge is 2.63. The van der Waals surface area contributed by atoms with Crippen LogP contribution in [0.15, 0.2) is 42.6 Å². The third kappa shape index (κ3) is 8.30. The van der Waals surface area contributed by atoms with Crippen molar-refractivity contribution >= 4 is 44.5 Å². The lowest BCUT2D eigenvalue weighted by Gasteiger charge is -2.33. The highest BCUT2D eigenvalue weighted by atomic mass is 32.2. The Bertz CT molecular complexity index is 1940. The molecule has 3 heterocycles. The van der Waals surface area contributed by atoms with Gasteiger partial charge in [0.15, 0.2) is 0 Å². The lowest BCUT2D eigenvalue weighted by Crippen LogP contribution is -2.60. The number of allylic oxidation sites excluding steroid dienone is 1. The first kappa shape index (κ1) is 39.3. The lowest BCUT2D eigenvalue weighted by atomic mass is 9.88. The average Bonchev–Trinajstić information content (AvgIpc) is 3.97. The second kappa shape index (κ2) is 14.7. The Morgan fingerprint density at radius 1 is 1.09 bits per heavy atom. The topological polar surface area (TPSA) is 185 Å². The molecule has 2 aliphatic carbocycles. The fourth-order valence-corrected chi connectivity index (χ4v) is 8.93. The molecule has 4 N–H and O–H groups in total. The van der Waals surface area contributed by atoms with Crippen molar-refractivity contribution in [3.05, 3.63) is 42.6 Å². The van der Waals surface area contributed by atoms with Crippen molar-refractivity contribution in [1.29, 1.82) is 0 Å². The Kier molecular flexibility index (Phi) is 10.7. The molecule has 2 aromatic rings. The fraction of sp³-hybridized carbons (Fsp3) is 0.615. The Balaban J connectivity index is 1.35. The van der Waals surface area contributed by atoms with Crippen LogP contribution in [0.2, 0.25) is 0 Å². The third-order valence-electron chi connectivity index (χ3n) is 11.2. The quantitative estimate of drug-likeness (QED) is 0.303. The highest BCUT2D eigenvalue weighted by molar-refractivity contribution is 7.91. The van der Waals surface area contributed by atoms with E-state index in [4.69, 9.17) is 9.47 Å². The second-order valence-corrected chi connectivity index (χ2v) is 19.2. The first-order valence-electron chi connectivity index (χ1n) is 18.9. The molecule has 3 fully saturated rings. The zero-order valence-corrected chi connectivity index (χ0v) is 33.0. The van der Waals surface area contributed by atoms with Gasteiger partial charge in [-0.1, -0.05) is 26.0 Å². The zero-order valence-electron chi connectivity index (χ0n) is 32.2. The van der Waals surface area contributed by atoms with E-state index in [2.05, 4.69) is 32.6 Å². The van der Waals surface area contributed by atoms with Crippen molar-refractivity contribution in [2.75, 3.05) is 13.7 Å². The Hall–Kier alpha value is -4.40. The molecular weight excluding hydrogens is 713 g/mol. The first-order chi connectivity index (χ1) is 25.3. The summed E-state index contributed by atoms with van der Waals surface area (Å²) in [6.07, 6.45) is 8.03. The summed E-state index contributed by atoms with van der Waals surface area (Å²) in [5, 5.41) is 10.3. The summed E-state index contributed by atoms with van der Waals surface area (Å²) >= 11 is 0. The molecule has 54 heavy (non-hydrogen) atoms. The van der Waals surface area contributed by atoms with Crippen molar-refractivity contribution < 1.29 is 37.1 Å². The van der Waals surface area contributed by atoms with E-state index in [0.29, 0.717) is 42.7 Å². The normalized spacial score (nSPS) is 30.4. The molecule has 0 bridgehead atoms. The number of hydrogen-bond donors (Lipinski definition) is 4. The standard InChI is InChI=1S/C39H54N6O8S/c1-23-10-8-9-11-26-21-39(26,35(48)44-54(50,51)38(6)15-16-38)42-32(46)30-20-28(53-33-29-13-12-27(52-7)19-25(29)14-17-40-33)22-45(30)34(47)31(24(2)18-23)41-36(49)43-37(3,4)5/h9,11-14,17,19,23-24,26,28,30-31H,8,10,15-16,18,20-22H2,1-7H3,(H,42,46)(H,44,48)(H2,41,43,49)/b11-9-/t23-,24+,26+,28+,30?,31-,39+/m0/s1. The monoisotopic (exact) mass is 766 g/mol. The molecule has 2 aliphatic heterocycles. The number of carbonyl (C=O) groups excluding carboxylic acids is 4. The molecule has 0 radical (unpaired) electrons. The van der Waals surface area contributed by atoms with E-state index in [1.807, 2.05) is 58.0 Å². The summed E-state index contributed by atoms with van der Waals surface area (Å²) < 4.78 is 39.4. The molecular formula is C39H54N6O8S.